The normalized spacial score (nSPS) is 13.9. The molecular formula is C34H43Br2N9O5. The molecule has 16 heteroatoms. The second-order valence-corrected chi connectivity index (χ2v) is 13.4. The first-order chi connectivity index (χ1) is 24.0. The van der Waals surface area contributed by atoms with Crippen molar-refractivity contribution in [3.63, 3.8) is 0 Å². The number of carbonyl (C=O) groups is 3. The summed E-state index contributed by atoms with van der Waals surface area (Å²) < 4.78 is 6.12. The van der Waals surface area contributed by atoms with Crippen molar-refractivity contribution in [2.24, 2.45) is 16.5 Å². The molecule has 2 heterocycles. The minimum atomic E-state index is -1.06. The first-order valence-corrected chi connectivity index (χ1v) is 17.8. The number of rotatable bonds is 15. The van der Waals surface area contributed by atoms with Crippen molar-refractivity contribution in [1.29, 1.82) is 0 Å². The molecule has 8 N–H and O–H groups in total. The Bertz CT molecular complexity index is 1610. The van der Waals surface area contributed by atoms with Crippen LogP contribution in [0.15, 0.2) is 74.9 Å². The van der Waals surface area contributed by atoms with Gasteiger partial charge in [0.15, 0.2) is 5.96 Å². The number of nitrogens with one attached hydrogen (secondary N) is 3. The smallest absolute Gasteiger partial charge is 0.315 e. The number of aromatic nitrogens is 1. The maximum Gasteiger partial charge on any atom is 0.315 e. The highest BCUT2D eigenvalue weighted by atomic mass is 79.9. The van der Waals surface area contributed by atoms with Gasteiger partial charge < -0.3 is 47.1 Å². The molecule has 4 rings (SSSR count). The highest BCUT2D eigenvalue weighted by molar-refractivity contribution is 9.11. The van der Waals surface area contributed by atoms with Gasteiger partial charge in [-0.25, -0.2) is 4.79 Å². The Morgan fingerprint density at radius 1 is 0.980 bits per heavy atom. The fourth-order valence-electron chi connectivity index (χ4n) is 5.53. The van der Waals surface area contributed by atoms with Crippen molar-refractivity contribution in [3.8, 4) is 11.5 Å². The number of halogens is 2. The Labute approximate surface area is 308 Å². The molecule has 2 atom stereocenters. The summed E-state index contributed by atoms with van der Waals surface area (Å²) in [6.07, 6.45) is 4.80. The average molecular weight is 818 g/mol. The zero-order chi connectivity index (χ0) is 36.0. The van der Waals surface area contributed by atoms with E-state index in [2.05, 4.69) is 62.7 Å². The van der Waals surface area contributed by atoms with Crippen molar-refractivity contribution >= 4 is 61.4 Å². The van der Waals surface area contributed by atoms with Crippen LogP contribution in [0.5, 0.6) is 11.5 Å². The quantitative estimate of drug-likeness (QED) is 0.0759. The number of piperazine rings is 1. The zero-order valence-corrected chi connectivity index (χ0v) is 31.0. The van der Waals surface area contributed by atoms with Crippen molar-refractivity contribution in [1.82, 2.24) is 25.8 Å². The molecule has 1 aliphatic heterocycles. The number of phenols is 1. The van der Waals surface area contributed by atoms with Crippen LogP contribution in [0, 0.1) is 0 Å². The Hall–Kier alpha value is -4.57. The van der Waals surface area contributed by atoms with Crippen LogP contribution in [0.25, 0.3) is 0 Å². The van der Waals surface area contributed by atoms with Gasteiger partial charge in [0.25, 0.3) is 0 Å². The molecule has 0 unspecified atom stereocenters. The Kier molecular flexibility index (Phi) is 14.5. The number of nitrogens with two attached hydrogens (primary N) is 2. The van der Waals surface area contributed by atoms with E-state index < -0.39 is 24.0 Å². The fourth-order valence-corrected chi connectivity index (χ4v) is 6.81. The number of aromatic hydroxyl groups is 1. The van der Waals surface area contributed by atoms with Crippen LogP contribution >= 0.6 is 31.9 Å². The van der Waals surface area contributed by atoms with Crippen molar-refractivity contribution in [3.05, 3.63) is 81.0 Å². The molecular weight excluding hydrogens is 774 g/mol. The first kappa shape index (κ1) is 38.2. The van der Waals surface area contributed by atoms with Crippen LogP contribution in [-0.4, -0.2) is 97.3 Å². The maximum absolute atomic E-state index is 14.0. The van der Waals surface area contributed by atoms with Crippen LogP contribution < -0.4 is 37.1 Å². The molecule has 0 radical (unpaired) electrons. The molecule has 0 spiro atoms. The Morgan fingerprint density at radius 3 is 2.34 bits per heavy atom. The number of nitrogens with zero attached hydrogens (tertiary/aromatic N) is 4. The van der Waals surface area contributed by atoms with Gasteiger partial charge in [-0.1, -0.05) is 12.1 Å². The van der Waals surface area contributed by atoms with E-state index >= 15 is 0 Å². The number of aliphatic imine (C=N–C) groups is 1. The lowest BCUT2D eigenvalue weighted by atomic mass is 10.0. The summed E-state index contributed by atoms with van der Waals surface area (Å²) in [5.74, 6) is -0.101. The summed E-state index contributed by atoms with van der Waals surface area (Å²) in [7, 11) is 1.59. The number of pyridine rings is 1. The van der Waals surface area contributed by atoms with Crippen LogP contribution in [0.3, 0.4) is 0 Å². The predicted molar refractivity (Wildman–Crippen MR) is 199 cm³/mol. The number of anilines is 1. The van der Waals surface area contributed by atoms with E-state index in [1.54, 1.807) is 36.5 Å². The Balaban J connectivity index is 1.47. The molecule has 2 aromatic carbocycles. The number of carbonyl (C=O) groups excluding carboxylic acids is 3. The summed E-state index contributed by atoms with van der Waals surface area (Å²) in [6, 6.07) is 12.2. The largest absolute Gasteiger partial charge is 0.506 e. The zero-order valence-electron chi connectivity index (χ0n) is 27.8. The molecule has 50 heavy (non-hydrogen) atoms. The van der Waals surface area contributed by atoms with Crippen LogP contribution in [0.2, 0.25) is 0 Å². The SMILES string of the molecule is COc1cccc(CCNC(=O)N[C@@H](Cc2cc(Br)c(O)c(Br)c2)C(=O)N[C@@H](CCCN=C(N)N)C(=O)N2CCN(c3ccncc3)CC2)c1. The maximum atomic E-state index is 14.0. The molecule has 1 aliphatic rings. The molecule has 1 saturated heterocycles. The number of urea groups is 1. The third-order valence-electron chi connectivity index (χ3n) is 8.15. The third-order valence-corrected chi connectivity index (χ3v) is 9.36. The minimum Gasteiger partial charge on any atom is -0.506 e. The van der Waals surface area contributed by atoms with E-state index in [0.717, 1.165) is 11.3 Å². The topological polar surface area (TPSA) is 201 Å². The van der Waals surface area contributed by atoms with Crippen LogP contribution in [-0.2, 0) is 22.4 Å². The number of phenolic OH excluding ortho intramolecular Hbond substituents is 1. The van der Waals surface area contributed by atoms with E-state index in [1.165, 1.54) is 0 Å². The van der Waals surface area contributed by atoms with E-state index in [1.807, 2.05) is 36.4 Å². The molecule has 1 aromatic heterocycles. The van der Waals surface area contributed by atoms with Crippen LogP contribution in [0.4, 0.5) is 10.5 Å². The van der Waals surface area contributed by atoms with Crippen molar-refractivity contribution in [2.45, 2.75) is 37.8 Å². The van der Waals surface area contributed by atoms with E-state index in [4.69, 9.17) is 16.2 Å². The van der Waals surface area contributed by atoms with Crippen LogP contribution in [0.1, 0.15) is 24.0 Å². The van der Waals surface area contributed by atoms with Gasteiger partial charge in [-0.3, -0.25) is 19.6 Å². The molecule has 1 fully saturated rings. The van der Waals surface area contributed by atoms with Gasteiger partial charge in [0.1, 0.15) is 23.6 Å². The van der Waals surface area contributed by atoms with Crippen molar-refractivity contribution < 1.29 is 24.2 Å². The summed E-state index contributed by atoms with van der Waals surface area (Å²) in [5.41, 5.74) is 13.6. The summed E-state index contributed by atoms with van der Waals surface area (Å²) in [5, 5.41) is 18.8. The van der Waals surface area contributed by atoms with Gasteiger partial charge in [0.2, 0.25) is 11.8 Å². The Morgan fingerprint density at radius 2 is 1.68 bits per heavy atom. The third kappa shape index (κ3) is 11.5. The summed E-state index contributed by atoms with van der Waals surface area (Å²) >= 11 is 6.67. The number of ether oxygens (including phenoxy) is 1. The lowest BCUT2D eigenvalue weighted by molar-refractivity contribution is -0.137. The van der Waals surface area contributed by atoms with Gasteiger partial charge in [0.05, 0.1) is 16.1 Å². The van der Waals surface area contributed by atoms with Gasteiger partial charge in [0, 0.05) is 63.8 Å². The lowest BCUT2D eigenvalue weighted by Crippen LogP contribution is -2.58. The highest BCUT2D eigenvalue weighted by Crippen LogP contribution is 2.33. The van der Waals surface area contributed by atoms with Gasteiger partial charge in [-0.2, -0.15) is 0 Å². The van der Waals surface area contributed by atoms with E-state index in [9.17, 15) is 19.5 Å². The van der Waals surface area contributed by atoms with E-state index in [0.29, 0.717) is 65.8 Å². The number of methoxy groups -OCH3 is 1. The average Bonchev–Trinajstić information content (AvgIpc) is 3.11. The molecule has 268 valence electrons. The minimum absolute atomic E-state index is 0.00783. The highest BCUT2D eigenvalue weighted by Gasteiger charge is 2.31. The van der Waals surface area contributed by atoms with Gasteiger partial charge in [-0.15, -0.1) is 0 Å². The molecule has 3 aromatic rings. The second kappa shape index (κ2) is 19.0. The molecule has 14 nitrogen and oxygen atoms in total. The van der Waals surface area contributed by atoms with Gasteiger partial charge in [-0.05, 0) is 98.6 Å². The standard InChI is InChI=1S/C34H43Br2N9O5/c1-50-25-5-2-4-22(18-25)7-13-41-34(49)43-29(21-23-19-26(35)30(46)27(36)20-23)31(47)42-28(6-3-10-40-33(37)38)32(48)45-16-14-44(15-17-45)24-8-11-39-12-9-24/h2,4-5,8-9,11-12,18-20,28-29,46H,3,6-7,10,13-17,21H2,1H3,(H,42,47)(H4,37,38,40)(H2,41,43,49)/t28-,29-/m0/s1. The molecule has 0 bridgehead atoms. The van der Waals surface area contributed by atoms with Crippen molar-refractivity contribution in [2.75, 3.05) is 51.3 Å². The molecule has 4 amide bonds. The van der Waals surface area contributed by atoms with Gasteiger partial charge >= 0.3 is 6.03 Å². The molecule has 0 saturated carbocycles. The number of amides is 4. The fraction of sp³-hybridized carbons (Fsp3) is 0.382. The first-order valence-electron chi connectivity index (χ1n) is 16.2. The number of guanidine groups is 1. The summed E-state index contributed by atoms with van der Waals surface area (Å²) in [4.78, 5) is 53.0. The predicted octanol–water partition coefficient (Wildman–Crippen LogP) is 2.66. The molecule has 0 aliphatic carbocycles. The summed E-state index contributed by atoms with van der Waals surface area (Å²) in [6.45, 7) is 2.76. The number of hydrogen-bond donors (Lipinski definition) is 6. The second-order valence-electron chi connectivity index (χ2n) is 11.7. The lowest BCUT2D eigenvalue weighted by Gasteiger charge is -2.37. The number of hydrogen-bond acceptors (Lipinski definition) is 8. The number of benzene rings is 2. The van der Waals surface area contributed by atoms with E-state index in [-0.39, 0.29) is 37.0 Å². The monoisotopic (exact) mass is 815 g/mol.